The van der Waals surface area contributed by atoms with Crippen LogP contribution in [0.5, 0.6) is 0 Å². The van der Waals surface area contributed by atoms with Crippen LogP contribution >= 0.6 is 0 Å². The minimum atomic E-state index is 0.187. The van der Waals surface area contributed by atoms with Gasteiger partial charge in [-0.25, -0.2) is 0 Å². The fraction of sp³-hybridized carbons (Fsp3) is 0.640. The van der Waals surface area contributed by atoms with Crippen LogP contribution in [-0.2, 0) is 4.79 Å². The second kappa shape index (κ2) is 20.7. The first kappa shape index (κ1) is 25.4. The molecule has 0 heterocycles. The lowest BCUT2D eigenvalue weighted by Gasteiger charge is -2.06. The number of allylic oxidation sites excluding steroid dienone is 8. The maximum absolute atomic E-state index is 11.6. The third kappa shape index (κ3) is 22.4. The molecule has 0 aliphatic rings. The molecule has 0 spiro atoms. The van der Waals surface area contributed by atoms with Crippen LogP contribution in [0.4, 0.5) is 0 Å². The zero-order valence-electron chi connectivity index (χ0n) is 18.1. The Balaban J connectivity index is 3.47. The predicted octanol–water partition coefficient (Wildman–Crippen LogP) is 7.29. The summed E-state index contributed by atoms with van der Waals surface area (Å²) in [5, 5.41) is 2.98. The van der Waals surface area contributed by atoms with Crippen LogP contribution in [0.2, 0.25) is 0 Å². The Kier molecular flexibility index (Phi) is 19.5. The van der Waals surface area contributed by atoms with Crippen molar-refractivity contribution in [3.05, 3.63) is 48.6 Å². The minimum Gasteiger partial charge on any atom is -0.356 e. The fourth-order valence-electron chi connectivity index (χ4n) is 2.53. The first-order valence-corrected chi connectivity index (χ1v) is 11.0. The highest BCUT2D eigenvalue weighted by Gasteiger charge is 2.00. The van der Waals surface area contributed by atoms with Gasteiger partial charge in [-0.1, -0.05) is 82.2 Å². The van der Waals surface area contributed by atoms with Gasteiger partial charge in [0.2, 0.25) is 5.91 Å². The molecule has 154 valence electrons. The monoisotopic (exact) mass is 373 g/mol. The molecule has 0 rings (SSSR count). The minimum absolute atomic E-state index is 0.187. The van der Waals surface area contributed by atoms with Crippen LogP contribution in [0.25, 0.3) is 0 Å². The summed E-state index contributed by atoms with van der Waals surface area (Å²) in [7, 11) is 0. The van der Waals surface area contributed by atoms with E-state index >= 15 is 0 Å². The summed E-state index contributed by atoms with van der Waals surface area (Å²) in [4.78, 5) is 11.6. The Hall–Kier alpha value is -1.57. The van der Waals surface area contributed by atoms with Crippen molar-refractivity contribution in [1.29, 1.82) is 0 Å². The third-order valence-electron chi connectivity index (χ3n) is 4.28. The quantitative estimate of drug-likeness (QED) is 0.210. The average molecular weight is 374 g/mol. The van der Waals surface area contributed by atoms with Gasteiger partial charge in [0.25, 0.3) is 0 Å². The van der Waals surface area contributed by atoms with E-state index in [9.17, 15) is 4.79 Å². The topological polar surface area (TPSA) is 29.1 Å². The van der Waals surface area contributed by atoms with E-state index in [0.29, 0.717) is 12.3 Å². The number of carbonyl (C=O) groups excluding carboxylic acids is 1. The van der Waals surface area contributed by atoms with Crippen molar-refractivity contribution in [3.63, 3.8) is 0 Å². The molecule has 27 heavy (non-hydrogen) atoms. The van der Waals surface area contributed by atoms with E-state index in [4.69, 9.17) is 0 Å². The molecule has 0 saturated carbocycles. The van der Waals surface area contributed by atoms with Crippen LogP contribution < -0.4 is 5.32 Å². The molecule has 0 radical (unpaired) electrons. The van der Waals surface area contributed by atoms with E-state index in [1.165, 1.54) is 25.7 Å². The van der Waals surface area contributed by atoms with Gasteiger partial charge in [-0.05, 0) is 57.3 Å². The lowest BCUT2D eigenvalue weighted by atomic mass is 10.1. The number of rotatable bonds is 17. The molecule has 0 bridgehead atoms. The maximum Gasteiger partial charge on any atom is 0.220 e. The Morgan fingerprint density at radius 1 is 0.778 bits per heavy atom. The Bertz CT molecular complexity index is 443. The third-order valence-corrected chi connectivity index (χ3v) is 4.28. The van der Waals surface area contributed by atoms with Crippen molar-refractivity contribution < 1.29 is 4.79 Å². The molecule has 0 aromatic carbocycles. The predicted molar refractivity (Wildman–Crippen MR) is 121 cm³/mol. The first-order valence-electron chi connectivity index (χ1n) is 11.0. The van der Waals surface area contributed by atoms with Gasteiger partial charge in [0, 0.05) is 13.0 Å². The number of amides is 1. The highest BCUT2D eigenvalue weighted by atomic mass is 16.1. The summed E-state index contributed by atoms with van der Waals surface area (Å²) in [6.45, 7) is 7.40. The Morgan fingerprint density at radius 3 is 1.81 bits per heavy atom. The Labute approximate surface area is 168 Å². The SMILES string of the molecule is CCCCC/C=C\C/C=C\C/C=C\C/C=C\CCCC(=O)NCCC(C)C. The van der Waals surface area contributed by atoms with Crippen LogP contribution in [-0.4, -0.2) is 12.5 Å². The molecule has 2 nitrogen and oxygen atoms in total. The van der Waals surface area contributed by atoms with E-state index in [2.05, 4.69) is 74.7 Å². The van der Waals surface area contributed by atoms with Gasteiger partial charge in [0.1, 0.15) is 0 Å². The molecule has 0 unspecified atom stereocenters. The summed E-state index contributed by atoms with van der Waals surface area (Å²) in [6, 6.07) is 0. The van der Waals surface area contributed by atoms with Crippen molar-refractivity contribution in [1.82, 2.24) is 5.32 Å². The average Bonchev–Trinajstić information content (AvgIpc) is 2.64. The zero-order valence-corrected chi connectivity index (χ0v) is 18.1. The van der Waals surface area contributed by atoms with Crippen LogP contribution in [0.3, 0.4) is 0 Å². The molecular weight excluding hydrogens is 330 g/mol. The second-order valence-electron chi connectivity index (χ2n) is 7.51. The normalized spacial score (nSPS) is 12.4. The number of hydrogen-bond acceptors (Lipinski definition) is 1. The van der Waals surface area contributed by atoms with E-state index in [1.807, 2.05) is 0 Å². The number of unbranched alkanes of at least 4 members (excludes halogenated alkanes) is 4. The molecule has 0 atom stereocenters. The van der Waals surface area contributed by atoms with Gasteiger partial charge in [0.15, 0.2) is 0 Å². The van der Waals surface area contributed by atoms with E-state index in [0.717, 1.165) is 45.1 Å². The number of nitrogens with one attached hydrogen (secondary N) is 1. The van der Waals surface area contributed by atoms with Gasteiger partial charge in [-0.2, -0.15) is 0 Å². The molecule has 0 fully saturated rings. The summed E-state index contributed by atoms with van der Waals surface area (Å²) >= 11 is 0. The van der Waals surface area contributed by atoms with Crippen molar-refractivity contribution in [2.75, 3.05) is 6.54 Å². The standard InChI is InChI=1S/C25H43NO/c1-4-5-6-7-8-9-10-11-12-13-14-15-16-17-18-19-20-21-25(27)26-23-22-24(2)3/h8-9,11-12,14-15,17-18,24H,4-7,10,13,16,19-23H2,1-3H3,(H,26,27)/b9-8-,12-11-,15-14-,18-17-. The van der Waals surface area contributed by atoms with E-state index < -0.39 is 0 Å². The largest absolute Gasteiger partial charge is 0.356 e. The molecule has 1 N–H and O–H groups in total. The molecule has 1 amide bonds. The molecule has 0 aliphatic carbocycles. The summed E-state index contributed by atoms with van der Waals surface area (Å²) in [6.07, 6.45) is 29.7. The molecular formula is C25H43NO. The van der Waals surface area contributed by atoms with Gasteiger partial charge < -0.3 is 5.32 Å². The fourth-order valence-corrected chi connectivity index (χ4v) is 2.53. The van der Waals surface area contributed by atoms with Crippen LogP contribution in [0.15, 0.2) is 48.6 Å². The van der Waals surface area contributed by atoms with E-state index in [1.54, 1.807) is 0 Å². The highest BCUT2D eigenvalue weighted by molar-refractivity contribution is 5.75. The van der Waals surface area contributed by atoms with Gasteiger partial charge in [-0.3, -0.25) is 4.79 Å². The molecule has 0 aromatic rings. The van der Waals surface area contributed by atoms with Gasteiger partial charge in [0.05, 0.1) is 0 Å². The summed E-state index contributed by atoms with van der Waals surface area (Å²) in [5.74, 6) is 0.834. The first-order chi connectivity index (χ1) is 13.2. The zero-order chi connectivity index (χ0) is 20.0. The van der Waals surface area contributed by atoms with Gasteiger partial charge >= 0.3 is 0 Å². The van der Waals surface area contributed by atoms with Crippen molar-refractivity contribution in [2.24, 2.45) is 5.92 Å². The smallest absolute Gasteiger partial charge is 0.220 e. The van der Waals surface area contributed by atoms with E-state index in [-0.39, 0.29) is 5.91 Å². The highest BCUT2D eigenvalue weighted by Crippen LogP contribution is 2.02. The molecule has 0 aromatic heterocycles. The lowest BCUT2D eigenvalue weighted by Crippen LogP contribution is -2.24. The van der Waals surface area contributed by atoms with Crippen LogP contribution in [0.1, 0.15) is 91.4 Å². The Morgan fingerprint density at radius 2 is 1.30 bits per heavy atom. The summed E-state index contributed by atoms with van der Waals surface area (Å²) in [5.41, 5.74) is 0. The van der Waals surface area contributed by atoms with Crippen molar-refractivity contribution >= 4 is 5.91 Å². The number of hydrogen-bond donors (Lipinski definition) is 1. The van der Waals surface area contributed by atoms with Crippen LogP contribution in [0, 0.1) is 5.92 Å². The maximum atomic E-state index is 11.6. The molecule has 2 heteroatoms. The lowest BCUT2D eigenvalue weighted by molar-refractivity contribution is -0.121. The molecule has 0 aliphatic heterocycles. The number of carbonyl (C=O) groups is 1. The summed E-state index contributed by atoms with van der Waals surface area (Å²) < 4.78 is 0. The van der Waals surface area contributed by atoms with Crippen molar-refractivity contribution in [2.45, 2.75) is 91.4 Å². The second-order valence-corrected chi connectivity index (χ2v) is 7.51. The molecule has 0 saturated heterocycles. The van der Waals surface area contributed by atoms with Gasteiger partial charge in [-0.15, -0.1) is 0 Å². The van der Waals surface area contributed by atoms with Crippen molar-refractivity contribution in [3.8, 4) is 0 Å².